The maximum absolute atomic E-state index is 10.2. The Bertz CT molecular complexity index is 353. The van der Waals surface area contributed by atoms with Gasteiger partial charge in [0.15, 0.2) is 0 Å². The van der Waals surface area contributed by atoms with Crippen molar-refractivity contribution in [2.75, 3.05) is 31.1 Å². The minimum atomic E-state index is -0.379. The van der Waals surface area contributed by atoms with Crippen LogP contribution in [0.5, 0.6) is 0 Å². The van der Waals surface area contributed by atoms with Crippen LogP contribution in [0, 0.1) is 0 Å². The first-order chi connectivity index (χ1) is 8.25. The van der Waals surface area contributed by atoms with E-state index in [1.165, 1.54) is 17.9 Å². The highest BCUT2D eigenvalue weighted by Crippen LogP contribution is 2.20. The number of nitrogens with zero attached hydrogens (tertiary/aromatic N) is 1. The van der Waals surface area contributed by atoms with E-state index in [2.05, 4.69) is 20.8 Å². The van der Waals surface area contributed by atoms with Crippen molar-refractivity contribution in [2.45, 2.75) is 12.5 Å². The molecule has 0 aromatic heterocycles. The number of benzene rings is 1. The number of aliphatic hydroxyl groups is 1. The number of thioether (sulfide) groups is 1. The van der Waals surface area contributed by atoms with Gasteiger partial charge in [0.25, 0.3) is 0 Å². The molecule has 2 nitrogen and oxygen atoms in total. The van der Waals surface area contributed by atoms with Gasteiger partial charge in [-0.25, -0.2) is 0 Å². The van der Waals surface area contributed by atoms with Crippen molar-refractivity contribution in [3.8, 4) is 0 Å². The number of hydrogen-bond donors (Lipinski definition) is 1. The molecule has 0 spiro atoms. The van der Waals surface area contributed by atoms with Crippen LogP contribution in [0.1, 0.15) is 18.1 Å². The summed E-state index contributed by atoms with van der Waals surface area (Å²) in [5, 5.41) is 10.2. The maximum Gasteiger partial charge on any atom is 0.0917 e. The van der Waals surface area contributed by atoms with Gasteiger partial charge in [-0.1, -0.05) is 28.1 Å². The molecule has 94 valence electrons. The Kier molecular flexibility index (Phi) is 5.35. The van der Waals surface area contributed by atoms with Crippen molar-refractivity contribution in [3.05, 3.63) is 34.3 Å². The van der Waals surface area contributed by atoms with Gasteiger partial charge in [0.05, 0.1) is 6.10 Å². The summed E-state index contributed by atoms with van der Waals surface area (Å²) in [6, 6.07) is 7.94. The van der Waals surface area contributed by atoms with Gasteiger partial charge in [0.2, 0.25) is 0 Å². The molecule has 1 N–H and O–H groups in total. The van der Waals surface area contributed by atoms with Crippen molar-refractivity contribution in [1.82, 2.24) is 4.90 Å². The lowest BCUT2D eigenvalue weighted by Gasteiger charge is -2.23. The van der Waals surface area contributed by atoms with Crippen molar-refractivity contribution < 1.29 is 5.11 Å². The van der Waals surface area contributed by atoms with Crippen molar-refractivity contribution in [2.24, 2.45) is 0 Å². The number of aliphatic hydroxyl groups excluding tert-OH is 1. The summed E-state index contributed by atoms with van der Waals surface area (Å²) in [7, 11) is 0. The summed E-state index contributed by atoms with van der Waals surface area (Å²) >= 11 is 5.45. The van der Waals surface area contributed by atoms with Crippen LogP contribution in [0.2, 0.25) is 0 Å². The summed E-state index contributed by atoms with van der Waals surface area (Å²) < 4.78 is 1.03. The zero-order chi connectivity index (χ0) is 12.1. The predicted molar refractivity (Wildman–Crippen MR) is 77.5 cm³/mol. The molecule has 0 saturated carbocycles. The molecule has 1 heterocycles. The van der Waals surface area contributed by atoms with E-state index < -0.39 is 0 Å². The predicted octanol–water partition coefficient (Wildman–Crippen LogP) is 2.92. The molecule has 4 heteroatoms. The molecule has 0 radical (unpaired) electrons. The standard InChI is InChI=1S/C13H18BrNOS/c14-12-4-1-3-11(9-12)13(16)10-15-5-2-7-17-8-6-15/h1,3-4,9,13,16H,2,5-8,10H2. The molecular weight excluding hydrogens is 298 g/mol. The fraction of sp³-hybridized carbons (Fsp3) is 0.538. The lowest BCUT2D eigenvalue weighted by atomic mass is 10.1. The van der Waals surface area contributed by atoms with Crippen molar-refractivity contribution in [3.63, 3.8) is 0 Å². The highest BCUT2D eigenvalue weighted by molar-refractivity contribution is 9.10. The number of β-amino-alcohol motifs (C(OH)–C–C–N with tert-alkyl or cyclic N) is 1. The zero-order valence-electron chi connectivity index (χ0n) is 9.81. The smallest absolute Gasteiger partial charge is 0.0917 e. The van der Waals surface area contributed by atoms with Crippen LogP contribution in [0.25, 0.3) is 0 Å². The lowest BCUT2D eigenvalue weighted by molar-refractivity contribution is 0.117. The number of hydrogen-bond acceptors (Lipinski definition) is 3. The van der Waals surface area contributed by atoms with Crippen LogP contribution in [0.15, 0.2) is 28.7 Å². The third kappa shape index (κ3) is 4.28. The van der Waals surface area contributed by atoms with E-state index in [0.29, 0.717) is 0 Å². The Labute approximate surface area is 116 Å². The Hall–Kier alpha value is -0.0300. The van der Waals surface area contributed by atoms with Gasteiger partial charge in [0.1, 0.15) is 0 Å². The molecule has 1 aliphatic rings. The topological polar surface area (TPSA) is 23.5 Å². The molecule has 0 amide bonds. The number of halogens is 1. The van der Waals surface area contributed by atoms with Gasteiger partial charge >= 0.3 is 0 Å². The fourth-order valence-corrected chi connectivity index (χ4v) is 3.39. The Balaban J connectivity index is 1.93. The van der Waals surface area contributed by atoms with Gasteiger partial charge in [0, 0.05) is 23.3 Å². The first kappa shape index (κ1) is 13.4. The first-order valence-electron chi connectivity index (χ1n) is 5.99. The molecule has 1 aromatic rings. The van der Waals surface area contributed by atoms with Gasteiger partial charge in [-0.2, -0.15) is 11.8 Å². The highest BCUT2D eigenvalue weighted by Gasteiger charge is 2.15. The summed E-state index contributed by atoms with van der Waals surface area (Å²) in [6.45, 7) is 2.95. The Morgan fingerprint density at radius 3 is 3.06 bits per heavy atom. The molecule has 1 saturated heterocycles. The molecule has 17 heavy (non-hydrogen) atoms. The molecule has 1 aliphatic heterocycles. The van der Waals surface area contributed by atoms with E-state index in [0.717, 1.165) is 29.7 Å². The van der Waals surface area contributed by atoms with Gasteiger partial charge < -0.3 is 5.11 Å². The van der Waals surface area contributed by atoms with Crippen LogP contribution in [-0.4, -0.2) is 41.1 Å². The normalized spacial score (nSPS) is 19.9. The summed E-state index contributed by atoms with van der Waals surface area (Å²) in [4.78, 5) is 2.37. The van der Waals surface area contributed by atoms with E-state index in [1.807, 2.05) is 36.0 Å². The summed E-state index contributed by atoms with van der Waals surface area (Å²) in [5.41, 5.74) is 0.997. The van der Waals surface area contributed by atoms with E-state index >= 15 is 0 Å². The molecule has 1 unspecified atom stereocenters. The highest BCUT2D eigenvalue weighted by atomic mass is 79.9. The van der Waals surface area contributed by atoms with Crippen LogP contribution < -0.4 is 0 Å². The van der Waals surface area contributed by atoms with E-state index in [9.17, 15) is 5.11 Å². The Morgan fingerprint density at radius 1 is 1.35 bits per heavy atom. The van der Waals surface area contributed by atoms with Gasteiger partial charge in [-0.3, -0.25) is 4.90 Å². The monoisotopic (exact) mass is 315 g/mol. The van der Waals surface area contributed by atoms with Crippen LogP contribution in [0.3, 0.4) is 0 Å². The van der Waals surface area contributed by atoms with Crippen LogP contribution in [-0.2, 0) is 0 Å². The van der Waals surface area contributed by atoms with Crippen LogP contribution in [0.4, 0.5) is 0 Å². The third-order valence-electron chi connectivity index (χ3n) is 2.98. The summed E-state index contributed by atoms with van der Waals surface area (Å²) in [6.07, 6.45) is 0.853. The second kappa shape index (κ2) is 6.78. The molecule has 1 fully saturated rings. The van der Waals surface area contributed by atoms with Gasteiger partial charge in [-0.05, 0) is 36.4 Å². The molecule has 1 aromatic carbocycles. The number of rotatable bonds is 3. The first-order valence-corrected chi connectivity index (χ1v) is 7.94. The van der Waals surface area contributed by atoms with E-state index in [-0.39, 0.29) is 6.10 Å². The molecule has 0 aliphatic carbocycles. The van der Waals surface area contributed by atoms with E-state index in [4.69, 9.17) is 0 Å². The van der Waals surface area contributed by atoms with Crippen molar-refractivity contribution >= 4 is 27.7 Å². The third-order valence-corrected chi connectivity index (χ3v) is 4.52. The molecule has 1 atom stereocenters. The quantitative estimate of drug-likeness (QED) is 0.927. The summed E-state index contributed by atoms with van der Waals surface area (Å²) in [5.74, 6) is 2.44. The second-order valence-corrected chi connectivity index (χ2v) is 6.48. The largest absolute Gasteiger partial charge is 0.387 e. The average Bonchev–Trinajstić information content (AvgIpc) is 2.57. The van der Waals surface area contributed by atoms with Crippen LogP contribution >= 0.6 is 27.7 Å². The second-order valence-electron chi connectivity index (χ2n) is 4.34. The lowest BCUT2D eigenvalue weighted by Crippen LogP contribution is -2.30. The SMILES string of the molecule is OC(CN1CCCSCC1)c1cccc(Br)c1. The minimum Gasteiger partial charge on any atom is -0.387 e. The molecule has 0 bridgehead atoms. The zero-order valence-corrected chi connectivity index (χ0v) is 12.2. The maximum atomic E-state index is 10.2. The van der Waals surface area contributed by atoms with Crippen molar-refractivity contribution in [1.29, 1.82) is 0 Å². The average molecular weight is 316 g/mol. The van der Waals surface area contributed by atoms with Gasteiger partial charge in [-0.15, -0.1) is 0 Å². The molecule has 2 rings (SSSR count). The fourth-order valence-electron chi connectivity index (χ4n) is 2.04. The minimum absolute atomic E-state index is 0.379. The molecular formula is C13H18BrNOS. The van der Waals surface area contributed by atoms with E-state index in [1.54, 1.807) is 0 Å². The Morgan fingerprint density at radius 2 is 2.24 bits per heavy atom.